The summed E-state index contributed by atoms with van der Waals surface area (Å²) in [6.45, 7) is 0.750. The number of hydrogen-bond acceptors (Lipinski definition) is 5. The van der Waals surface area contributed by atoms with E-state index in [1.807, 2.05) is 4.90 Å². The van der Waals surface area contributed by atoms with Crippen molar-refractivity contribution in [2.24, 2.45) is 0 Å². The van der Waals surface area contributed by atoms with Crippen molar-refractivity contribution in [1.82, 2.24) is 4.98 Å². The third-order valence-electron chi connectivity index (χ3n) is 2.96. The molecule has 5 heteroatoms. The number of carbonyl (C=O) groups excluding carboxylic acids is 1. The van der Waals surface area contributed by atoms with Crippen molar-refractivity contribution in [1.29, 1.82) is 5.26 Å². The third-order valence-corrected chi connectivity index (χ3v) is 2.96. The zero-order valence-corrected chi connectivity index (χ0v) is 9.59. The highest BCUT2D eigenvalue weighted by atomic mass is 16.5. The summed E-state index contributed by atoms with van der Waals surface area (Å²) in [6.07, 6.45) is 4.87. The van der Waals surface area contributed by atoms with Crippen LogP contribution in [0.1, 0.15) is 18.4 Å². The molecule has 0 aliphatic carbocycles. The maximum Gasteiger partial charge on any atom is 0.328 e. The quantitative estimate of drug-likeness (QED) is 0.713. The largest absolute Gasteiger partial charge is 0.467 e. The molecule has 0 saturated carbocycles. The molecule has 88 valence electrons. The van der Waals surface area contributed by atoms with Gasteiger partial charge in [0.1, 0.15) is 12.1 Å². The van der Waals surface area contributed by atoms with Gasteiger partial charge in [0.15, 0.2) is 0 Å². The van der Waals surface area contributed by atoms with Gasteiger partial charge in [-0.3, -0.25) is 4.98 Å². The van der Waals surface area contributed by atoms with E-state index in [9.17, 15) is 4.79 Å². The van der Waals surface area contributed by atoms with E-state index in [4.69, 9.17) is 10.00 Å². The van der Waals surface area contributed by atoms with Crippen molar-refractivity contribution in [3.63, 3.8) is 0 Å². The Balaban J connectivity index is 2.33. The Morgan fingerprint density at radius 3 is 3.24 bits per heavy atom. The number of hydrogen-bond donors (Lipinski definition) is 0. The minimum absolute atomic E-state index is 0.254. The summed E-state index contributed by atoms with van der Waals surface area (Å²) in [5, 5.41) is 9.04. The first-order valence-corrected chi connectivity index (χ1v) is 5.46. The van der Waals surface area contributed by atoms with Crippen molar-refractivity contribution in [2.45, 2.75) is 18.9 Å². The van der Waals surface area contributed by atoms with Crippen molar-refractivity contribution in [2.75, 3.05) is 18.6 Å². The Morgan fingerprint density at radius 2 is 2.53 bits per heavy atom. The topological polar surface area (TPSA) is 66.2 Å². The van der Waals surface area contributed by atoms with Gasteiger partial charge in [-0.15, -0.1) is 0 Å². The first-order chi connectivity index (χ1) is 8.27. The van der Waals surface area contributed by atoms with Gasteiger partial charge in [-0.1, -0.05) is 0 Å². The van der Waals surface area contributed by atoms with Crippen molar-refractivity contribution in [3.05, 3.63) is 24.0 Å². The van der Waals surface area contributed by atoms with E-state index in [-0.39, 0.29) is 12.0 Å². The Kier molecular flexibility index (Phi) is 3.24. The zero-order valence-electron chi connectivity index (χ0n) is 9.59. The molecule has 1 unspecified atom stereocenters. The van der Waals surface area contributed by atoms with Gasteiger partial charge in [0.25, 0.3) is 0 Å². The van der Waals surface area contributed by atoms with Crippen LogP contribution < -0.4 is 4.90 Å². The van der Waals surface area contributed by atoms with Gasteiger partial charge >= 0.3 is 5.97 Å². The summed E-state index contributed by atoms with van der Waals surface area (Å²) in [6, 6.07) is 3.48. The van der Waals surface area contributed by atoms with Gasteiger partial charge in [0.05, 0.1) is 24.6 Å². The lowest BCUT2D eigenvalue weighted by atomic mass is 10.2. The molecule has 1 atom stereocenters. The number of methoxy groups -OCH3 is 1. The minimum Gasteiger partial charge on any atom is -0.467 e. The van der Waals surface area contributed by atoms with Crippen molar-refractivity contribution < 1.29 is 9.53 Å². The molecule has 1 aliphatic heterocycles. The molecular weight excluding hydrogens is 218 g/mol. The third kappa shape index (κ3) is 2.07. The zero-order chi connectivity index (χ0) is 12.3. The van der Waals surface area contributed by atoms with Crippen LogP contribution in [0.5, 0.6) is 0 Å². The van der Waals surface area contributed by atoms with Crippen LogP contribution in [0.3, 0.4) is 0 Å². The van der Waals surface area contributed by atoms with E-state index in [2.05, 4.69) is 11.1 Å². The number of aromatic nitrogens is 1. The molecule has 0 aromatic carbocycles. The van der Waals surface area contributed by atoms with Gasteiger partial charge in [-0.25, -0.2) is 4.79 Å². The lowest BCUT2D eigenvalue weighted by molar-refractivity contribution is -0.141. The first-order valence-electron chi connectivity index (χ1n) is 5.46. The fraction of sp³-hybridized carbons (Fsp3) is 0.417. The highest BCUT2D eigenvalue weighted by Gasteiger charge is 2.32. The number of nitriles is 1. The smallest absolute Gasteiger partial charge is 0.328 e. The van der Waals surface area contributed by atoms with Crippen LogP contribution in [0.15, 0.2) is 18.5 Å². The number of esters is 1. The van der Waals surface area contributed by atoms with Gasteiger partial charge in [0.2, 0.25) is 0 Å². The van der Waals surface area contributed by atoms with E-state index in [0.29, 0.717) is 11.3 Å². The number of nitrogens with zero attached hydrogens (tertiary/aromatic N) is 3. The van der Waals surface area contributed by atoms with E-state index < -0.39 is 0 Å². The monoisotopic (exact) mass is 231 g/mol. The van der Waals surface area contributed by atoms with Crippen LogP contribution in [-0.2, 0) is 9.53 Å². The van der Waals surface area contributed by atoms with Crippen LogP contribution in [0, 0.1) is 11.3 Å². The molecule has 2 rings (SSSR count). The maximum atomic E-state index is 11.6. The molecule has 0 N–H and O–H groups in total. The van der Waals surface area contributed by atoms with Crippen LogP contribution in [0.25, 0.3) is 0 Å². The standard InChI is InChI=1S/C12H13N3O2/c1-17-12(16)10-3-2-6-15(10)11-8-14-5-4-9(11)7-13/h4-5,8,10H,2-3,6H2,1H3. The molecule has 1 aromatic heterocycles. The Bertz CT molecular complexity index is 467. The molecule has 5 nitrogen and oxygen atoms in total. The SMILES string of the molecule is COC(=O)C1CCCN1c1cnccc1C#N. The molecule has 0 spiro atoms. The van der Waals surface area contributed by atoms with Crippen molar-refractivity contribution >= 4 is 11.7 Å². The average Bonchev–Trinajstić information content (AvgIpc) is 2.86. The summed E-state index contributed by atoms with van der Waals surface area (Å²) in [7, 11) is 1.38. The Labute approximate surface area is 99.6 Å². The Hall–Kier alpha value is -2.09. The van der Waals surface area contributed by atoms with Crippen LogP contribution in [-0.4, -0.2) is 30.6 Å². The number of pyridine rings is 1. The average molecular weight is 231 g/mol. The molecular formula is C12H13N3O2. The highest BCUT2D eigenvalue weighted by Crippen LogP contribution is 2.28. The predicted octanol–water partition coefficient (Wildman–Crippen LogP) is 1.10. The van der Waals surface area contributed by atoms with E-state index in [1.54, 1.807) is 18.5 Å². The Morgan fingerprint density at radius 1 is 1.71 bits per heavy atom. The van der Waals surface area contributed by atoms with Crippen molar-refractivity contribution in [3.8, 4) is 6.07 Å². The molecule has 0 radical (unpaired) electrons. The second-order valence-corrected chi connectivity index (χ2v) is 3.88. The molecule has 17 heavy (non-hydrogen) atoms. The summed E-state index contributed by atoms with van der Waals surface area (Å²) in [5.74, 6) is -0.254. The van der Waals surface area contributed by atoms with Crippen LogP contribution >= 0.6 is 0 Å². The molecule has 0 amide bonds. The molecule has 1 aliphatic rings. The fourth-order valence-electron chi connectivity index (χ4n) is 2.15. The van der Waals surface area contributed by atoms with E-state index in [1.165, 1.54) is 7.11 Å². The molecule has 0 bridgehead atoms. The molecule has 2 heterocycles. The van der Waals surface area contributed by atoms with Gasteiger partial charge in [-0.2, -0.15) is 5.26 Å². The predicted molar refractivity (Wildman–Crippen MR) is 61.3 cm³/mol. The number of ether oxygens (including phenoxy) is 1. The van der Waals surface area contributed by atoms with Gasteiger partial charge < -0.3 is 9.64 Å². The lowest BCUT2D eigenvalue weighted by Gasteiger charge is -2.25. The van der Waals surface area contributed by atoms with E-state index >= 15 is 0 Å². The van der Waals surface area contributed by atoms with Gasteiger partial charge in [0, 0.05) is 12.7 Å². The van der Waals surface area contributed by atoms with Crippen LogP contribution in [0.4, 0.5) is 5.69 Å². The summed E-state index contributed by atoms with van der Waals surface area (Å²) in [4.78, 5) is 17.5. The van der Waals surface area contributed by atoms with Gasteiger partial charge in [-0.05, 0) is 18.9 Å². The first kappa shape index (κ1) is 11.4. The molecule has 1 saturated heterocycles. The highest BCUT2D eigenvalue weighted by molar-refractivity contribution is 5.81. The normalized spacial score (nSPS) is 18.8. The second-order valence-electron chi connectivity index (χ2n) is 3.88. The fourth-order valence-corrected chi connectivity index (χ4v) is 2.15. The molecule has 1 fully saturated rings. The summed E-state index contributed by atoms with van der Waals surface area (Å²) in [5.41, 5.74) is 1.25. The second kappa shape index (κ2) is 4.83. The number of anilines is 1. The summed E-state index contributed by atoms with van der Waals surface area (Å²) < 4.78 is 4.78. The maximum absolute atomic E-state index is 11.6. The van der Waals surface area contributed by atoms with E-state index in [0.717, 1.165) is 19.4 Å². The molecule has 1 aromatic rings. The summed E-state index contributed by atoms with van der Waals surface area (Å²) >= 11 is 0. The van der Waals surface area contributed by atoms with Crippen LogP contribution in [0.2, 0.25) is 0 Å². The number of carbonyl (C=O) groups is 1. The minimum atomic E-state index is -0.295. The lowest BCUT2D eigenvalue weighted by Crippen LogP contribution is -2.37. The number of rotatable bonds is 2.